The molecule has 3 aromatic carbocycles. The number of fused-ring (bicyclic) bond motifs is 2. The summed E-state index contributed by atoms with van der Waals surface area (Å²) < 4.78 is 6.05. The Hall–Kier alpha value is -4.03. The molecule has 1 aliphatic heterocycles. The van der Waals surface area contributed by atoms with Crippen LogP contribution < -0.4 is 4.74 Å². The molecule has 5 rings (SSSR count). The minimum absolute atomic E-state index is 0.165. The average Bonchev–Trinajstić information content (AvgIpc) is 3.24. The molecular weight excluding hydrogens is 500 g/mol. The Morgan fingerprint density at radius 1 is 0.750 bits per heavy atom. The fourth-order valence-corrected chi connectivity index (χ4v) is 5.27. The van der Waals surface area contributed by atoms with E-state index in [2.05, 4.69) is 19.9 Å². The summed E-state index contributed by atoms with van der Waals surface area (Å²) in [7, 11) is 0. The molecule has 1 aliphatic rings. The van der Waals surface area contributed by atoms with Crippen LogP contribution in [0.4, 0.5) is 0 Å². The van der Waals surface area contributed by atoms with Crippen LogP contribution in [0.5, 0.6) is 5.75 Å². The average molecular weight is 537 g/mol. The van der Waals surface area contributed by atoms with E-state index in [-0.39, 0.29) is 5.92 Å². The Kier molecular flexibility index (Phi) is 8.87. The number of hydrogen-bond donors (Lipinski definition) is 0. The number of amides is 2. The predicted octanol–water partition coefficient (Wildman–Crippen LogP) is 8.08. The van der Waals surface area contributed by atoms with Crippen molar-refractivity contribution in [1.82, 2.24) is 10.0 Å². The van der Waals surface area contributed by atoms with E-state index < -0.39 is 17.9 Å². The lowest BCUT2D eigenvalue weighted by molar-refractivity contribution is -0.154. The Morgan fingerprint density at radius 3 is 2.02 bits per heavy atom. The summed E-state index contributed by atoms with van der Waals surface area (Å²) in [6.07, 6.45) is 5.71. The molecule has 1 aromatic heterocycles. The van der Waals surface area contributed by atoms with E-state index in [0.717, 1.165) is 71.5 Å². The number of ether oxygens (including phenoxy) is 1. The molecule has 4 aromatic rings. The molecule has 0 saturated carbocycles. The third-order valence-electron chi connectivity index (χ3n) is 7.51. The topological polar surface area (TPSA) is 68.7 Å². The van der Waals surface area contributed by atoms with Crippen molar-refractivity contribution < 1.29 is 19.2 Å². The summed E-state index contributed by atoms with van der Waals surface area (Å²) in [6.45, 7) is 4.70. The lowest BCUT2D eigenvalue weighted by Gasteiger charge is -2.30. The molecular formula is C34H36N2O4. The Morgan fingerprint density at radius 2 is 1.38 bits per heavy atom. The molecule has 1 atom stereocenters. The number of carbonyl (C=O) groups excluding carboxylic acids is 2. The van der Waals surface area contributed by atoms with E-state index in [4.69, 9.17) is 14.6 Å². The van der Waals surface area contributed by atoms with Crippen LogP contribution in [-0.2, 0) is 11.4 Å². The van der Waals surface area contributed by atoms with Gasteiger partial charge in [0.15, 0.2) is 0 Å². The predicted molar refractivity (Wildman–Crippen MR) is 156 cm³/mol. The Balaban J connectivity index is 1.35. The van der Waals surface area contributed by atoms with E-state index in [9.17, 15) is 9.59 Å². The van der Waals surface area contributed by atoms with Crippen LogP contribution in [0.2, 0.25) is 0 Å². The fraction of sp³-hybridized carbons (Fsp3) is 0.324. The van der Waals surface area contributed by atoms with Crippen LogP contribution >= 0.6 is 0 Å². The maximum Gasteiger partial charge on any atom is 0.285 e. The van der Waals surface area contributed by atoms with Gasteiger partial charge in [-0.05, 0) is 60.7 Å². The number of unbranched alkanes of at least 4 members (excludes halogenated alkanes) is 2. The van der Waals surface area contributed by atoms with Crippen molar-refractivity contribution in [2.24, 2.45) is 5.92 Å². The van der Waals surface area contributed by atoms with Crippen LogP contribution in [-0.4, -0.2) is 21.9 Å². The quantitative estimate of drug-likeness (QED) is 0.162. The summed E-state index contributed by atoms with van der Waals surface area (Å²) in [4.78, 5) is 37.3. The maximum absolute atomic E-state index is 13.1. The van der Waals surface area contributed by atoms with Gasteiger partial charge in [0.25, 0.3) is 11.8 Å². The zero-order valence-corrected chi connectivity index (χ0v) is 23.2. The van der Waals surface area contributed by atoms with Gasteiger partial charge < -0.3 is 4.74 Å². The monoisotopic (exact) mass is 536 g/mol. The van der Waals surface area contributed by atoms with Crippen LogP contribution in [0, 0.1) is 5.92 Å². The molecule has 40 heavy (non-hydrogen) atoms. The molecule has 206 valence electrons. The van der Waals surface area contributed by atoms with E-state index in [1.165, 1.54) is 0 Å². The number of carbonyl (C=O) groups is 2. The number of pyridine rings is 1. The molecule has 2 amide bonds. The van der Waals surface area contributed by atoms with Gasteiger partial charge in [0, 0.05) is 5.39 Å². The van der Waals surface area contributed by atoms with E-state index in [0.29, 0.717) is 17.7 Å². The molecule has 6 heteroatoms. The van der Waals surface area contributed by atoms with Gasteiger partial charge in [-0.1, -0.05) is 88.1 Å². The normalized spacial score (nSPS) is 13.7. The van der Waals surface area contributed by atoms with Gasteiger partial charge in [-0.25, -0.2) is 4.98 Å². The summed E-state index contributed by atoms with van der Waals surface area (Å²) in [5, 5.41) is 2.07. The summed E-state index contributed by atoms with van der Waals surface area (Å²) in [5.41, 5.74) is 3.49. The van der Waals surface area contributed by atoms with Gasteiger partial charge in [0.05, 0.1) is 22.3 Å². The molecule has 0 N–H and O–H groups in total. The number of imide groups is 1. The summed E-state index contributed by atoms with van der Waals surface area (Å²) in [5.74, 6) is 0.0750. The van der Waals surface area contributed by atoms with Crippen molar-refractivity contribution >= 4 is 22.7 Å². The molecule has 0 saturated heterocycles. The Bertz CT molecular complexity index is 1420. The number of hydrogen-bond acceptors (Lipinski definition) is 5. The lowest BCUT2D eigenvalue weighted by atomic mass is 9.87. The molecule has 2 heterocycles. The minimum Gasteiger partial charge on any atom is -0.487 e. The van der Waals surface area contributed by atoms with Crippen molar-refractivity contribution in [2.45, 2.75) is 65.1 Å². The zero-order valence-electron chi connectivity index (χ0n) is 23.2. The lowest BCUT2D eigenvalue weighted by Crippen LogP contribution is -2.34. The molecule has 0 radical (unpaired) electrons. The van der Waals surface area contributed by atoms with Crippen LogP contribution in [0.3, 0.4) is 0 Å². The van der Waals surface area contributed by atoms with Crippen LogP contribution in [0.15, 0.2) is 84.9 Å². The van der Waals surface area contributed by atoms with Gasteiger partial charge in [-0.3, -0.25) is 14.4 Å². The van der Waals surface area contributed by atoms with E-state index >= 15 is 0 Å². The standard InChI is InChI=1S/C34H36N2O4/c1-3-5-11-25(12-6-4-2)32(40-36-33(37)29-14-8-9-15-30(29)34(36)38)26-18-21-28(22-19-26)39-23-27-20-17-24-13-7-10-16-31(24)35-27/h7-10,13-22,25,32H,3-6,11-12,23H2,1-2H3. The first-order valence-electron chi connectivity index (χ1n) is 14.3. The second-order valence-electron chi connectivity index (χ2n) is 10.4. The Labute approximate surface area is 235 Å². The van der Waals surface area contributed by atoms with Gasteiger partial charge in [-0.2, -0.15) is 0 Å². The number of para-hydroxylation sites is 1. The maximum atomic E-state index is 13.1. The molecule has 0 aliphatic carbocycles. The van der Waals surface area contributed by atoms with Gasteiger partial charge in [0.2, 0.25) is 0 Å². The molecule has 1 unspecified atom stereocenters. The van der Waals surface area contributed by atoms with Crippen LogP contribution in [0.25, 0.3) is 10.9 Å². The van der Waals surface area contributed by atoms with Gasteiger partial charge >= 0.3 is 0 Å². The molecule has 0 bridgehead atoms. The largest absolute Gasteiger partial charge is 0.487 e. The first-order chi connectivity index (χ1) is 19.6. The fourth-order valence-electron chi connectivity index (χ4n) is 5.27. The van der Waals surface area contributed by atoms with Gasteiger partial charge in [0.1, 0.15) is 18.5 Å². The molecule has 0 spiro atoms. The van der Waals surface area contributed by atoms with Crippen molar-refractivity contribution in [1.29, 1.82) is 0 Å². The highest BCUT2D eigenvalue weighted by atomic mass is 16.7. The highest BCUT2D eigenvalue weighted by Crippen LogP contribution is 2.37. The smallest absolute Gasteiger partial charge is 0.285 e. The minimum atomic E-state index is -0.434. The van der Waals surface area contributed by atoms with Crippen LogP contribution in [0.1, 0.15) is 90.4 Å². The highest BCUT2D eigenvalue weighted by molar-refractivity contribution is 6.20. The number of benzene rings is 3. The van der Waals surface area contributed by atoms with E-state index in [1.54, 1.807) is 24.3 Å². The molecule has 6 nitrogen and oxygen atoms in total. The number of aromatic nitrogens is 1. The van der Waals surface area contributed by atoms with Crippen molar-refractivity contribution in [3.05, 3.63) is 107 Å². The van der Waals surface area contributed by atoms with Crippen molar-refractivity contribution in [3.8, 4) is 5.75 Å². The number of rotatable bonds is 13. The molecule has 0 fully saturated rings. The third-order valence-corrected chi connectivity index (χ3v) is 7.51. The zero-order chi connectivity index (χ0) is 27.9. The first-order valence-corrected chi connectivity index (χ1v) is 14.3. The summed E-state index contributed by atoms with van der Waals surface area (Å²) in [6, 6.07) is 26.8. The second-order valence-corrected chi connectivity index (χ2v) is 10.4. The highest BCUT2D eigenvalue weighted by Gasteiger charge is 2.39. The summed E-state index contributed by atoms with van der Waals surface area (Å²) >= 11 is 0. The SMILES string of the molecule is CCCCC(CCCC)C(ON1C(=O)c2ccccc2C1=O)c1ccc(OCc2ccc3ccccc3n2)cc1. The second kappa shape index (κ2) is 12.9. The van der Waals surface area contributed by atoms with Crippen molar-refractivity contribution in [3.63, 3.8) is 0 Å². The van der Waals surface area contributed by atoms with E-state index in [1.807, 2.05) is 54.6 Å². The van der Waals surface area contributed by atoms with Crippen molar-refractivity contribution in [2.75, 3.05) is 0 Å². The number of hydroxylamine groups is 2. The van der Waals surface area contributed by atoms with Gasteiger partial charge in [-0.15, -0.1) is 5.06 Å². The first kappa shape index (κ1) is 27.5. The number of nitrogens with zero attached hydrogens (tertiary/aromatic N) is 2. The third kappa shape index (κ3) is 6.07.